The highest BCUT2D eigenvalue weighted by Crippen LogP contribution is 2.39. The average molecular weight is 883 g/mol. The largest absolute Gasteiger partial charge is 0.407 e. The fourth-order valence-corrected chi connectivity index (χ4v) is 7.41. The number of rotatable bonds is 11. The molecule has 0 aliphatic heterocycles. The van der Waals surface area contributed by atoms with Crippen molar-refractivity contribution < 1.29 is 44.0 Å². The molecule has 0 fully saturated rings. The number of hydrogen-bond acceptors (Lipinski definition) is 6. The van der Waals surface area contributed by atoms with Crippen molar-refractivity contribution in [1.29, 1.82) is 0 Å². The average Bonchev–Trinajstić information content (AvgIpc) is 3.18. The molecule has 0 aliphatic carbocycles. The number of alkyl halides is 6. The van der Waals surface area contributed by atoms with E-state index in [4.69, 9.17) is 17.3 Å². The van der Waals surface area contributed by atoms with Crippen LogP contribution >= 0.6 is 0 Å². The second kappa shape index (κ2) is 19.4. The normalized spacial score (nSPS) is 12.9. The van der Waals surface area contributed by atoms with Gasteiger partial charge in [0.25, 0.3) is 32.6 Å². The second-order valence-electron chi connectivity index (χ2n) is 15.3. The van der Waals surface area contributed by atoms with Crippen LogP contribution in [0.25, 0.3) is 32.2 Å². The zero-order valence-electron chi connectivity index (χ0n) is 34.8. The molecule has 0 radical (unpaired) electrons. The van der Waals surface area contributed by atoms with Crippen LogP contribution in [0.5, 0.6) is 0 Å². The molecule has 0 saturated heterocycles. The van der Waals surface area contributed by atoms with Gasteiger partial charge in [-0.25, -0.2) is 9.69 Å². The van der Waals surface area contributed by atoms with Crippen molar-refractivity contribution in [3.05, 3.63) is 156 Å². The molecule has 2 aromatic heterocycles. The number of aryl methyl sites for hydroxylation is 3. The summed E-state index contributed by atoms with van der Waals surface area (Å²) in [7, 11) is -4.24. The van der Waals surface area contributed by atoms with E-state index >= 15 is 0 Å². The summed E-state index contributed by atoms with van der Waals surface area (Å²) in [6, 6.07) is 20.8. The minimum atomic E-state index is -4.93. The highest BCUT2D eigenvalue weighted by Gasteiger charge is 2.38. The van der Waals surface area contributed by atoms with Gasteiger partial charge in [0.1, 0.15) is 0 Å². The van der Waals surface area contributed by atoms with Crippen LogP contribution in [0.4, 0.5) is 37.7 Å². The van der Waals surface area contributed by atoms with Gasteiger partial charge in [-0.2, -0.15) is 34.8 Å². The lowest BCUT2D eigenvalue weighted by Crippen LogP contribution is -2.34. The van der Waals surface area contributed by atoms with Crippen LogP contribution in [-0.2, 0) is 39.7 Å². The first-order chi connectivity index (χ1) is 28.8. The molecule has 5 rings (SSSR count). The monoisotopic (exact) mass is 882 g/mol. The van der Waals surface area contributed by atoms with Crippen molar-refractivity contribution in [1.82, 2.24) is 9.13 Å². The van der Waals surface area contributed by atoms with Gasteiger partial charge < -0.3 is 14.2 Å². The Hall–Kier alpha value is -6.01. The van der Waals surface area contributed by atoms with Gasteiger partial charge in [-0.05, 0) is 80.1 Å². The number of aromatic nitrogens is 2. The molecule has 2 unspecified atom stereocenters. The van der Waals surface area contributed by atoms with Crippen molar-refractivity contribution in [2.45, 2.75) is 91.0 Å². The fraction of sp³-hybridized carbons (Fsp3) is 0.333. The van der Waals surface area contributed by atoms with E-state index in [1.165, 1.54) is 12.1 Å². The zero-order chi connectivity index (χ0) is 46.5. The van der Waals surface area contributed by atoms with Crippen molar-refractivity contribution in [2.75, 3.05) is 0 Å². The van der Waals surface area contributed by atoms with Crippen molar-refractivity contribution >= 4 is 21.5 Å². The number of halogens is 6. The molecule has 5 aromatic rings. The maximum absolute atomic E-state index is 13.8. The summed E-state index contributed by atoms with van der Waals surface area (Å²) in [4.78, 5) is 31.5. The van der Waals surface area contributed by atoms with E-state index in [-0.39, 0.29) is 35.3 Å². The molecule has 0 saturated carbocycles. The van der Waals surface area contributed by atoms with E-state index in [9.17, 15) is 49.5 Å². The van der Waals surface area contributed by atoms with E-state index in [1.807, 2.05) is 0 Å². The van der Waals surface area contributed by atoms with Crippen LogP contribution in [0.1, 0.15) is 55.5 Å². The number of nitrogens with zero attached hydrogens (tertiary/aromatic N) is 4. The van der Waals surface area contributed by atoms with E-state index < -0.39 is 74.2 Å². The Kier molecular flexibility index (Phi) is 15.2. The lowest BCUT2D eigenvalue weighted by atomic mass is 10.0. The molecule has 0 bridgehead atoms. The Morgan fingerprint density at radius 3 is 1.42 bits per heavy atom. The van der Waals surface area contributed by atoms with Crippen LogP contribution in [0, 0.1) is 45.8 Å². The van der Waals surface area contributed by atoms with Gasteiger partial charge in [-0.3, -0.25) is 13.8 Å². The predicted octanol–water partition coefficient (Wildman–Crippen LogP) is 10.5. The van der Waals surface area contributed by atoms with Crippen LogP contribution in [-0.4, -0.2) is 34.9 Å². The van der Waals surface area contributed by atoms with Crippen molar-refractivity contribution in [3.8, 4) is 22.5 Å². The van der Waals surface area contributed by atoms with Gasteiger partial charge >= 0.3 is 12.4 Å². The molecule has 10 nitrogen and oxygen atoms in total. The van der Waals surface area contributed by atoms with E-state index in [0.717, 1.165) is 38.0 Å². The summed E-state index contributed by atoms with van der Waals surface area (Å²) in [6.07, 6.45) is -11.8. The van der Waals surface area contributed by atoms with Gasteiger partial charge in [-0.1, -0.05) is 92.9 Å². The van der Waals surface area contributed by atoms with Crippen molar-refractivity contribution in [2.24, 2.45) is 11.8 Å². The third kappa shape index (κ3) is 11.5. The van der Waals surface area contributed by atoms with E-state index in [1.54, 1.807) is 109 Å². The lowest BCUT2D eigenvalue weighted by molar-refractivity contribution is -0.137. The summed E-state index contributed by atoms with van der Waals surface area (Å²) < 4.78 is 115. The Morgan fingerprint density at radius 2 is 1.06 bits per heavy atom. The first-order valence-corrected chi connectivity index (χ1v) is 20.5. The maximum atomic E-state index is 13.8. The first-order valence-electron chi connectivity index (χ1n) is 19.1. The SMILES string of the molecule is [C-]#[N+]c1c(C(F)(F)F)cc(-c2cccc(C)c2)n(CC(O)C(C)C)c1=O.[C-]#[N+]c1c(C(F)(F)F)cc(-c2cccc(C)c2)n(CC(OS(=O)(=O)c2ccc(C)cc2)C(C)C)c1=O. The summed E-state index contributed by atoms with van der Waals surface area (Å²) in [5.74, 6) is -0.646. The zero-order valence-corrected chi connectivity index (χ0v) is 35.6. The third-order valence-electron chi connectivity index (χ3n) is 9.82. The quantitative estimate of drug-likeness (QED) is 0.0802. The smallest absolute Gasteiger partial charge is 0.391 e. The first kappa shape index (κ1) is 48.7. The number of pyridine rings is 2. The Morgan fingerprint density at radius 1 is 0.645 bits per heavy atom. The maximum Gasteiger partial charge on any atom is 0.407 e. The molecular weight excluding hydrogens is 839 g/mol. The molecule has 0 amide bonds. The van der Waals surface area contributed by atoms with Gasteiger partial charge in [0.2, 0.25) is 0 Å². The molecular formula is C45H44F6N4O6S. The van der Waals surface area contributed by atoms with Crippen LogP contribution < -0.4 is 11.1 Å². The Bertz CT molecular complexity index is 2750. The van der Waals surface area contributed by atoms with Crippen LogP contribution in [0.2, 0.25) is 0 Å². The van der Waals surface area contributed by atoms with Crippen LogP contribution in [0.15, 0.2) is 99.4 Å². The molecule has 62 heavy (non-hydrogen) atoms. The standard InChI is InChI=1S/C26H25F3N2O4S.C19H19F3N2O2/c1-16(2)23(35-36(33,34)20-11-9-17(3)10-12-20)15-31-22(19-8-6-7-18(4)13-19)14-21(26(27,28)29)24(30-5)25(31)32;1-11(2)16(25)10-24-15(13-7-5-6-12(3)8-13)9-14(19(20,21)22)17(23-4)18(24)26/h6-14,16,23H,15H2,1-4H3;5-9,11,16,25H,10H2,1-3H3. The van der Waals surface area contributed by atoms with E-state index in [0.29, 0.717) is 11.1 Å². The van der Waals surface area contributed by atoms with Crippen molar-refractivity contribution in [3.63, 3.8) is 0 Å². The highest BCUT2D eigenvalue weighted by molar-refractivity contribution is 7.86. The molecule has 2 atom stereocenters. The molecule has 2 heterocycles. The lowest BCUT2D eigenvalue weighted by Gasteiger charge is -2.25. The van der Waals surface area contributed by atoms with Gasteiger partial charge in [0, 0.05) is 11.4 Å². The van der Waals surface area contributed by atoms with Crippen LogP contribution in [0.3, 0.4) is 0 Å². The highest BCUT2D eigenvalue weighted by atomic mass is 32.2. The minimum absolute atomic E-state index is 0.0260. The topological polar surface area (TPSA) is 116 Å². The number of aliphatic hydroxyl groups is 1. The summed E-state index contributed by atoms with van der Waals surface area (Å²) in [5, 5.41) is 10.2. The number of benzene rings is 3. The minimum Gasteiger partial charge on any atom is -0.391 e. The summed E-state index contributed by atoms with van der Waals surface area (Å²) in [6.45, 7) is 25.8. The fourth-order valence-electron chi connectivity index (χ4n) is 6.22. The molecule has 0 aliphatic rings. The third-order valence-corrected chi connectivity index (χ3v) is 11.2. The molecule has 17 heteroatoms. The van der Waals surface area contributed by atoms with Gasteiger partial charge in [0.15, 0.2) is 0 Å². The Balaban J connectivity index is 0.000000287. The molecule has 0 spiro atoms. The molecule has 1 N–H and O–H groups in total. The van der Waals surface area contributed by atoms with Gasteiger partial charge in [0.05, 0.1) is 54.5 Å². The van der Waals surface area contributed by atoms with Gasteiger partial charge in [-0.15, -0.1) is 0 Å². The second-order valence-corrected chi connectivity index (χ2v) is 16.9. The molecule has 328 valence electrons. The Labute approximate surface area is 355 Å². The predicted molar refractivity (Wildman–Crippen MR) is 223 cm³/mol. The summed E-state index contributed by atoms with van der Waals surface area (Å²) in [5.41, 5.74) is -3.81. The molecule has 3 aromatic carbocycles. The summed E-state index contributed by atoms with van der Waals surface area (Å²) >= 11 is 0. The number of aliphatic hydroxyl groups excluding tert-OH is 1. The van der Waals surface area contributed by atoms with E-state index in [2.05, 4.69) is 9.69 Å². The number of hydrogen-bond donors (Lipinski definition) is 1.